The number of aromatic nitrogens is 1. The maximum absolute atomic E-state index is 5.84. The lowest BCUT2D eigenvalue weighted by atomic mass is 10.3. The molecule has 0 atom stereocenters. The Morgan fingerprint density at radius 3 is 2.69 bits per heavy atom. The molecule has 0 aromatic carbocycles. The molecule has 2 N–H and O–H groups in total. The Balaban J connectivity index is 2.33. The van der Waals surface area contributed by atoms with Crippen LogP contribution in [0.25, 0.3) is 0 Å². The van der Waals surface area contributed by atoms with Crippen LogP contribution in [-0.4, -0.2) is 18.1 Å². The van der Waals surface area contributed by atoms with Crippen molar-refractivity contribution < 1.29 is 0 Å². The second-order valence-electron chi connectivity index (χ2n) is 3.24. The highest BCUT2D eigenvalue weighted by Gasteiger charge is 2.11. The SMILES string of the molecule is Cc1ccc(N)c(N2CC=CC2)n1. The van der Waals surface area contributed by atoms with Gasteiger partial charge >= 0.3 is 0 Å². The van der Waals surface area contributed by atoms with Crippen LogP contribution >= 0.6 is 0 Å². The number of hydrogen-bond acceptors (Lipinski definition) is 3. The van der Waals surface area contributed by atoms with Gasteiger partial charge in [0.15, 0.2) is 5.82 Å². The molecule has 0 aliphatic carbocycles. The van der Waals surface area contributed by atoms with Crippen LogP contribution in [0.15, 0.2) is 24.3 Å². The van der Waals surface area contributed by atoms with Crippen LogP contribution in [0.1, 0.15) is 5.69 Å². The van der Waals surface area contributed by atoms with Crippen molar-refractivity contribution in [3.8, 4) is 0 Å². The smallest absolute Gasteiger partial charge is 0.152 e. The minimum atomic E-state index is 0.759. The van der Waals surface area contributed by atoms with E-state index in [0.29, 0.717) is 0 Å². The Labute approximate surface area is 77.9 Å². The van der Waals surface area contributed by atoms with Gasteiger partial charge in [0, 0.05) is 18.8 Å². The molecule has 0 bridgehead atoms. The first kappa shape index (κ1) is 8.10. The van der Waals surface area contributed by atoms with E-state index >= 15 is 0 Å². The molecule has 3 heteroatoms. The van der Waals surface area contributed by atoms with E-state index in [2.05, 4.69) is 22.0 Å². The normalized spacial score (nSPS) is 15.3. The second kappa shape index (κ2) is 3.09. The third-order valence-electron chi connectivity index (χ3n) is 2.16. The summed E-state index contributed by atoms with van der Waals surface area (Å²) in [5.41, 5.74) is 7.61. The van der Waals surface area contributed by atoms with Gasteiger partial charge in [-0.25, -0.2) is 4.98 Å². The van der Waals surface area contributed by atoms with E-state index in [1.807, 2.05) is 19.1 Å². The molecule has 2 rings (SSSR count). The monoisotopic (exact) mass is 175 g/mol. The highest BCUT2D eigenvalue weighted by atomic mass is 15.2. The lowest BCUT2D eigenvalue weighted by Crippen LogP contribution is -2.21. The zero-order valence-corrected chi connectivity index (χ0v) is 7.70. The summed E-state index contributed by atoms with van der Waals surface area (Å²) in [6.07, 6.45) is 4.26. The summed E-state index contributed by atoms with van der Waals surface area (Å²) in [6, 6.07) is 3.85. The zero-order valence-electron chi connectivity index (χ0n) is 7.70. The first-order chi connectivity index (χ1) is 6.27. The van der Waals surface area contributed by atoms with Gasteiger partial charge in [-0.2, -0.15) is 0 Å². The summed E-state index contributed by atoms with van der Waals surface area (Å²) < 4.78 is 0. The van der Waals surface area contributed by atoms with Gasteiger partial charge in [0.05, 0.1) is 5.69 Å². The molecule has 2 heterocycles. The Hall–Kier alpha value is -1.51. The number of rotatable bonds is 1. The van der Waals surface area contributed by atoms with E-state index in [-0.39, 0.29) is 0 Å². The second-order valence-corrected chi connectivity index (χ2v) is 3.24. The van der Waals surface area contributed by atoms with Crippen LogP contribution in [0.5, 0.6) is 0 Å². The molecule has 0 unspecified atom stereocenters. The van der Waals surface area contributed by atoms with Gasteiger partial charge < -0.3 is 10.6 Å². The maximum atomic E-state index is 5.84. The van der Waals surface area contributed by atoms with Crippen molar-refractivity contribution in [3.63, 3.8) is 0 Å². The zero-order chi connectivity index (χ0) is 9.26. The number of aryl methyl sites for hydroxylation is 1. The van der Waals surface area contributed by atoms with Gasteiger partial charge in [-0.1, -0.05) is 12.2 Å². The number of pyridine rings is 1. The van der Waals surface area contributed by atoms with Crippen LogP contribution in [0, 0.1) is 6.92 Å². The highest BCUT2D eigenvalue weighted by molar-refractivity contribution is 5.64. The van der Waals surface area contributed by atoms with Gasteiger partial charge in [0.2, 0.25) is 0 Å². The molecule has 0 saturated heterocycles. The third-order valence-corrected chi connectivity index (χ3v) is 2.16. The number of hydrogen-bond donors (Lipinski definition) is 1. The van der Waals surface area contributed by atoms with Crippen LogP contribution < -0.4 is 10.6 Å². The Bertz CT molecular complexity index is 336. The summed E-state index contributed by atoms with van der Waals surface area (Å²) in [4.78, 5) is 6.57. The molecule has 1 aliphatic rings. The lowest BCUT2D eigenvalue weighted by Gasteiger charge is -2.18. The quantitative estimate of drug-likeness (QED) is 0.655. The first-order valence-electron chi connectivity index (χ1n) is 4.40. The summed E-state index contributed by atoms with van der Waals surface area (Å²) >= 11 is 0. The van der Waals surface area contributed by atoms with Crippen LogP contribution in [0.3, 0.4) is 0 Å². The number of nitrogens with two attached hydrogens (primary N) is 1. The van der Waals surface area contributed by atoms with E-state index in [1.54, 1.807) is 0 Å². The molecule has 0 spiro atoms. The van der Waals surface area contributed by atoms with Gasteiger partial charge in [-0.15, -0.1) is 0 Å². The molecule has 0 radical (unpaired) electrons. The molecular formula is C10H13N3. The van der Waals surface area contributed by atoms with Crippen molar-refractivity contribution in [1.29, 1.82) is 0 Å². The van der Waals surface area contributed by atoms with E-state index in [9.17, 15) is 0 Å². The molecule has 0 saturated carbocycles. The number of nitrogen functional groups attached to an aromatic ring is 1. The van der Waals surface area contributed by atoms with E-state index in [1.165, 1.54) is 0 Å². The minimum absolute atomic E-state index is 0.759. The standard InChI is InChI=1S/C10H13N3/c1-8-4-5-9(11)10(12-8)13-6-2-3-7-13/h2-5H,6-7,11H2,1H3. The predicted octanol–water partition coefficient (Wildman–Crippen LogP) is 1.35. The van der Waals surface area contributed by atoms with Crippen molar-refractivity contribution in [2.45, 2.75) is 6.92 Å². The molecule has 1 aromatic heterocycles. The fraction of sp³-hybridized carbons (Fsp3) is 0.300. The third kappa shape index (κ3) is 1.49. The van der Waals surface area contributed by atoms with Gasteiger partial charge in [0.25, 0.3) is 0 Å². The summed E-state index contributed by atoms with van der Waals surface area (Å²) in [7, 11) is 0. The first-order valence-corrected chi connectivity index (χ1v) is 4.40. The van der Waals surface area contributed by atoms with Crippen LogP contribution in [0.2, 0.25) is 0 Å². The van der Waals surface area contributed by atoms with Crippen molar-refractivity contribution in [2.75, 3.05) is 23.7 Å². The van der Waals surface area contributed by atoms with Crippen molar-refractivity contribution in [1.82, 2.24) is 4.98 Å². The molecule has 13 heavy (non-hydrogen) atoms. The average molecular weight is 175 g/mol. The molecular weight excluding hydrogens is 162 g/mol. The summed E-state index contributed by atoms with van der Waals surface area (Å²) in [6.45, 7) is 3.81. The molecule has 3 nitrogen and oxygen atoms in total. The van der Waals surface area contributed by atoms with Crippen molar-refractivity contribution in [2.24, 2.45) is 0 Å². The van der Waals surface area contributed by atoms with E-state index < -0.39 is 0 Å². The minimum Gasteiger partial charge on any atom is -0.396 e. The number of nitrogens with zero attached hydrogens (tertiary/aromatic N) is 2. The van der Waals surface area contributed by atoms with Gasteiger partial charge in [-0.05, 0) is 19.1 Å². The molecule has 1 aliphatic heterocycles. The average Bonchev–Trinajstić information content (AvgIpc) is 2.61. The molecule has 0 fully saturated rings. The largest absolute Gasteiger partial charge is 0.396 e. The molecule has 1 aromatic rings. The fourth-order valence-corrected chi connectivity index (χ4v) is 1.46. The highest BCUT2D eigenvalue weighted by Crippen LogP contribution is 2.21. The lowest BCUT2D eigenvalue weighted by molar-refractivity contribution is 0.961. The molecule has 68 valence electrons. The fourth-order valence-electron chi connectivity index (χ4n) is 1.46. The van der Waals surface area contributed by atoms with Crippen LogP contribution in [0.4, 0.5) is 11.5 Å². The predicted molar refractivity (Wildman–Crippen MR) is 54.7 cm³/mol. The summed E-state index contributed by atoms with van der Waals surface area (Å²) in [5.74, 6) is 0.907. The van der Waals surface area contributed by atoms with Crippen LogP contribution in [-0.2, 0) is 0 Å². The molecule has 0 amide bonds. The van der Waals surface area contributed by atoms with Crippen molar-refractivity contribution >= 4 is 11.5 Å². The topological polar surface area (TPSA) is 42.1 Å². The van der Waals surface area contributed by atoms with Gasteiger partial charge in [0.1, 0.15) is 0 Å². The number of anilines is 2. The van der Waals surface area contributed by atoms with Gasteiger partial charge in [-0.3, -0.25) is 0 Å². The van der Waals surface area contributed by atoms with Crippen molar-refractivity contribution in [3.05, 3.63) is 30.0 Å². The Kier molecular flexibility index (Phi) is 1.93. The Morgan fingerprint density at radius 2 is 2.00 bits per heavy atom. The van der Waals surface area contributed by atoms with E-state index in [0.717, 1.165) is 30.3 Å². The Morgan fingerprint density at radius 1 is 1.31 bits per heavy atom. The van der Waals surface area contributed by atoms with E-state index in [4.69, 9.17) is 5.73 Å². The summed E-state index contributed by atoms with van der Waals surface area (Å²) in [5, 5.41) is 0. The maximum Gasteiger partial charge on any atom is 0.152 e.